The van der Waals surface area contributed by atoms with Gasteiger partial charge in [0.1, 0.15) is 0 Å². The second kappa shape index (κ2) is 6.37. The summed E-state index contributed by atoms with van der Waals surface area (Å²) in [4.78, 5) is 31.1. The van der Waals surface area contributed by atoms with Gasteiger partial charge in [-0.15, -0.1) is 0 Å². The Morgan fingerprint density at radius 2 is 1.52 bits per heavy atom. The van der Waals surface area contributed by atoms with Crippen molar-refractivity contribution in [2.75, 3.05) is 7.05 Å². The van der Waals surface area contributed by atoms with Crippen molar-refractivity contribution in [3.05, 3.63) is 96.3 Å². The molecule has 2 amide bonds. The van der Waals surface area contributed by atoms with Gasteiger partial charge in [-0.1, -0.05) is 48.5 Å². The van der Waals surface area contributed by atoms with E-state index < -0.39 is 0 Å². The van der Waals surface area contributed by atoms with Crippen molar-refractivity contribution in [2.24, 2.45) is 0 Å². The van der Waals surface area contributed by atoms with Gasteiger partial charge in [0.2, 0.25) is 0 Å². The largest absolute Gasteiger partial charge is 0.308 e. The van der Waals surface area contributed by atoms with Crippen molar-refractivity contribution < 1.29 is 9.59 Å². The molecule has 3 aromatic carbocycles. The molecule has 0 atom stereocenters. The van der Waals surface area contributed by atoms with Gasteiger partial charge in [0, 0.05) is 41.3 Å². The molecule has 0 unspecified atom stereocenters. The minimum Gasteiger partial charge on any atom is -0.308 e. The fourth-order valence-corrected chi connectivity index (χ4v) is 4.59. The third-order valence-corrected chi connectivity index (χ3v) is 6.00. The van der Waals surface area contributed by atoms with Gasteiger partial charge in [-0.05, 0) is 24.3 Å². The van der Waals surface area contributed by atoms with Gasteiger partial charge in [-0.25, -0.2) is 0 Å². The van der Waals surface area contributed by atoms with Gasteiger partial charge in [0.15, 0.2) is 0 Å². The van der Waals surface area contributed by atoms with Crippen LogP contribution in [-0.2, 0) is 0 Å². The summed E-state index contributed by atoms with van der Waals surface area (Å²) in [7, 11) is 1.53. The van der Waals surface area contributed by atoms with Crippen molar-refractivity contribution in [2.45, 2.75) is 0 Å². The average Bonchev–Trinajstić information content (AvgIpc) is 3.27. The van der Waals surface area contributed by atoms with Gasteiger partial charge in [0.05, 0.1) is 27.8 Å². The van der Waals surface area contributed by atoms with E-state index in [1.54, 1.807) is 12.3 Å². The zero-order chi connectivity index (χ0) is 21.1. The molecule has 0 saturated heterocycles. The van der Waals surface area contributed by atoms with E-state index in [4.69, 9.17) is 0 Å². The molecular weight excluding hydrogens is 386 g/mol. The molecule has 148 valence electrons. The number of amides is 2. The molecule has 0 fully saturated rings. The van der Waals surface area contributed by atoms with Crippen LogP contribution in [0.3, 0.4) is 0 Å². The highest BCUT2D eigenvalue weighted by Crippen LogP contribution is 2.39. The first-order valence-electron chi connectivity index (χ1n) is 10.0. The summed E-state index contributed by atoms with van der Waals surface area (Å²) in [5.74, 6) is -0.546. The van der Waals surface area contributed by atoms with Crippen molar-refractivity contribution >= 4 is 33.6 Å². The number of carbonyl (C=O) groups is 2. The predicted octanol–water partition coefficient (Wildman–Crippen LogP) is 5.07. The lowest BCUT2D eigenvalue weighted by molar-refractivity contribution is 0.0693. The number of aromatic nitrogens is 2. The van der Waals surface area contributed by atoms with E-state index in [1.807, 2.05) is 54.7 Å². The summed E-state index contributed by atoms with van der Waals surface area (Å²) in [6.45, 7) is 0. The summed E-state index contributed by atoms with van der Waals surface area (Å²) in [6.07, 6.45) is 3.60. The first-order chi connectivity index (χ1) is 15.2. The molecule has 5 nitrogen and oxygen atoms in total. The number of carbonyl (C=O) groups excluding carboxylic acids is 2. The summed E-state index contributed by atoms with van der Waals surface area (Å²) >= 11 is 0. The van der Waals surface area contributed by atoms with Crippen LogP contribution < -0.4 is 0 Å². The van der Waals surface area contributed by atoms with Crippen molar-refractivity contribution in [1.29, 1.82) is 0 Å². The fraction of sp³-hybridized carbons (Fsp3) is 0.0385. The van der Waals surface area contributed by atoms with Crippen LogP contribution in [0.2, 0.25) is 0 Å². The second-order valence-corrected chi connectivity index (χ2v) is 7.67. The molecular formula is C26H17N3O2. The Hall–Kier alpha value is -4.25. The monoisotopic (exact) mass is 403 g/mol. The summed E-state index contributed by atoms with van der Waals surface area (Å²) in [6, 6.07) is 23.8. The highest BCUT2D eigenvalue weighted by atomic mass is 16.2. The molecule has 2 aromatic heterocycles. The van der Waals surface area contributed by atoms with E-state index >= 15 is 0 Å². The van der Waals surface area contributed by atoms with Gasteiger partial charge in [0.25, 0.3) is 11.8 Å². The van der Waals surface area contributed by atoms with Crippen molar-refractivity contribution in [3.63, 3.8) is 0 Å². The molecule has 6 rings (SSSR count). The molecule has 0 bridgehead atoms. The van der Waals surface area contributed by atoms with Crippen LogP contribution in [0.15, 0.2) is 85.2 Å². The van der Waals surface area contributed by atoms with E-state index in [1.165, 1.54) is 11.9 Å². The van der Waals surface area contributed by atoms with E-state index in [0.717, 1.165) is 32.9 Å². The minimum absolute atomic E-state index is 0.268. The Labute approximate surface area is 178 Å². The second-order valence-electron chi connectivity index (χ2n) is 7.67. The van der Waals surface area contributed by atoms with E-state index in [9.17, 15) is 9.59 Å². The highest BCUT2D eigenvalue weighted by Gasteiger charge is 2.36. The van der Waals surface area contributed by atoms with Crippen LogP contribution in [0.4, 0.5) is 0 Å². The fourth-order valence-electron chi connectivity index (χ4n) is 4.59. The lowest BCUT2D eigenvalue weighted by Crippen LogP contribution is -2.24. The number of hydrogen-bond acceptors (Lipinski definition) is 3. The first kappa shape index (κ1) is 17.6. The number of para-hydroxylation sites is 2. The molecule has 3 heterocycles. The molecule has 1 aliphatic heterocycles. The third kappa shape index (κ3) is 2.34. The number of hydrogen-bond donors (Lipinski definition) is 0. The Kier molecular flexibility index (Phi) is 3.62. The first-order valence-corrected chi connectivity index (χ1v) is 10.0. The van der Waals surface area contributed by atoms with Crippen LogP contribution in [-0.4, -0.2) is 33.3 Å². The van der Waals surface area contributed by atoms with Crippen LogP contribution in [0.5, 0.6) is 0 Å². The molecule has 0 N–H and O–H groups in total. The maximum absolute atomic E-state index is 13.0. The molecule has 5 heteroatoms. The molecule has 0 saturated carbocycles. The standard InChI is InChI=1S/C26H17N3O2/c1-28-25(30)20-11-5-13-22(23(20)26(28)31)29-21-12-3-2-8-18(21)19-10-4-9-17(24(19)29)16-7-6-14-27-15-16/h2-15H,1H3. The van der Waals surface area contributed by atoms with Crippen molar-refractivity contribution in [3.8, 4) is 16.8 Å². The average molecular weight is 403 g/mol. The van der Waals surface area contributed by atoms with Gasteiger partial charge < -0.3 is 4.57 Å². The summed E-state index contributed by atoms with van der Waals surface area (Å²) in [5, 5.41) is 2.17. The quantitative estimate of drug-likeness (QED) is 0.387. The van der Waals surface area contributed by atoms with E-state index in [2.05, 4.69) is 27.8 Å². The number of pyridine rings is 1. The molecule has 31 heavy (non-hydrogen) atoms. The molecule has 1 aliphatic rings. The molecule has 0 aliphatic carbocycles. The van der Waals surface area contributed by atoms with Crippen LogP contribution in [0.1, 0.15) is 20.7 Å². The Morgan fingerprint density at radius 1 is 0.742 bits per heavy atom. The zero-order valence-corrected chi connectivity index (χ0v) is 16.7. The number of imide groups is 1. The van der Waals surface area contributed by atoms with Crippen LogP contribution in [0, 0.1) is 0 Å². The number of rotatable bonds is 2. The number of fused-ring (bicyclic) bond motifs is 4. The highest BCUT2D eigenvalue weighted by molar-refractivity contribution is 6.23. The SMILES string of the molecule is CN1C(=O)c2cccc(-n3c4ccccc4c4cccc(-c5cccnc5)c43)c2C1=O. The lowest BCUT2D eigenvalue weighted by Gasteiger charge is -2.14. The van der Waals surface area contributed by atoms with Gasteiger partial charge in [-0.3, -0.25) is 19.5 Å². The summed E-state index contributed by atoms with van der Waals surface area (Å²) in [5.41, 5.74) is 5.57. The Balaban J connectivity index is 1.81. The normalized spacial score (nSPS) is 13.4. The Morgan fingerprint density at radius 3 is 2.35 bits per heavy atom. The lowest BCUT2D eigenvalue weighted by atomic mass is 10.0. The van der Waals surface area contributed by atoms with E-state index in [0.29, 0.717) is 16.8 Å². The third-order valence-electron chi connectivity index (χ3n) is 6.00. The van der Waals surface area contributed by atoms with Gasteiger partial charge in [-0.2, -0.15) is 0 Å². The van der Waals surface area contributed by atoms with E-state index in [-0.39, 0.29) is 11.8 Å². The molecule has 5 aromatic rings. The van der Waals surface area contributed by atoms with Crippen LogP contribution >= 0.6 is 0 Å². The number of benzene rings is 3. The molecule has 0 radical (unpaired) electrons. The topological polar surface area (TPSA) is 55.2 Å². The maximum atomic E-state index is 13.0. The predicted molar refractivity (Wildman–Crippen MR) is 120 cm³/mol. The zero-order valence-electron chi connectivity index (χ0n) is 16.7. The van der Waals surface area contributed by atoms with Crippen molar-refractivity contribution in [1.82, 2.24) is 14.5 Å². The molecule has 0 spiro atoms. The maximum Gasteiger partial charge on any atom is 0.263 e. The smallest absolute Gasteiger partial charge is 0.263 e. The van der Waals surface area contributed by atoms with Crippen LogP contribution in [0.25, 0.3) is 38.6 Å². The minimum atomic E-state index is -0.277. The van der Waals surface area contributed by atoms with Gasteiger partial charge >= 0.3 is 0 Å². The summed E-state index contributed by atoms with van der Waals surface area (Å²) < 4.78 is 2.11. The Bertz CT molecular complexity index is 1530. The number of nitrogens with zero attached hydrogens (tertiary/aromatic N) is 3.